The second-order valence-electron chi connectivity index (χ2n) is 4.18. The van der Waals surface area contributed by atoms with E-state index >= 15 is 0 Å². The highest BCUT2D eigenvalue weighted by atomic mass is 32.1. The third-order valence-corrected chi connectivity index (χ3v) is 2.66. The Kier molecular flexibility index (Phi) is 5.46. The predicted octanol–water partition coefficient (Wildman–Crippen LogP) is 2.36. The van der Waals surface area contributed by atoms with Gasteiger partial charge in [-0.3, -0.25) is 5.43 Å². The first-order valence-corrected chi connectivity index (χ1v) is 6.75. The third-order valence-electron chi connectivity index (χ3n) is 2.55. The molecule has 0 saturated carbocycles. The average molecular weight is 287 g/mol. The van der Waals surface area contributed by atoms with Crippen LogP contribution in [0.15, 0.2) is 59.7 Å². The Bertz CT molecular complexity index is 541. The Labute approximate surface area is 124 Å². The fourth-order valence-electron chi connectivity index (χ4n) is 1.58. The van der Waals surface area contributed by atoms with Crippen molar-refractivity contribution in [3.05, 3.63) is 65.7 Å². The Morgan fingerprint density at radius 3 is 2.50 bits per heavy atom. The van der Waals surface area contributed by atoms with Gasteiger partial charge in [0.05, 0.1) is 6.21 Å². The number of benzene rings is 2. The number of hydrogen-bond acceptors (Lipinski definition) is 5. The van der Waals surface area contributed by atoms with Gasteiger partial charge in [-0.2, -0.15) is 5.10 Å². The molecule has 3 N–H and O–H groups in total. The summed E-state index contributed by atoms with van der Waals surface area (Å²) < 4.78 is 5.70. The van der Waals surface area contributed by atoms with E-state index in [4.69, 9.17) is 10.5 Å². The normalized spacial score (nSPS) is 12.3. The summed E-state index contributed by atoms with van der Waals surface area (Å²) in [6.07, 6.45) is 1.68. The van der Waals surface area contributed by atoms with Crippen molar-refractivity contribution in [3.8, 4) is 5.75 Å². The molecular weight excluding hydrogens is 270 g/mol. The van der Waals surface area contributed by atoms with Gasteiger partial charge in [-0.25, -0.2) is 0 Å². The minimum Gasteiger partial charge on any atom is -0.489 e. The molecule has 2 rings (SSSR count). The van der Waals surface area contributed by atoms with Crippen LogP contribution in [0.2, 0.25) is 0 Å². The first-order chi connectivity index (χ1) is 9.74. The molecule has 0 heterocycles. The SMILES string of the molecule is NC(S)N/N=C/c1ccc(OCc2ccccc2)cc1. The number of ether oxygens (including phenoxy) is 1. The maximum absolute atomic E-state index is 5.70. The van der Waals surface area contributed by atoms with Crippen molar-refractivity contribution >= 4 is 18.8 Å². The van der Waals surface area contributed by atoms with Crippen LogP contribution in [0.25, 0.3) is 0 Å². The summed E-state index contributed by atoms with van der Waals surface area (Å²) in [5.41, 5.74) is 9.67. The number of hydrogen-bond donors (Lipinski definition) is 3. The Morgan fingerprint density at radius 2 is 1.85 bits per heavy atom. The maximum Gasteiger partial charge on any atom is 0.136 e. The van der Waals surface area contributed by atoms with Crippen molar-refractivity contribution in [2.45, 2.75) is 12.1 Å². The molecule has 0 amide bonds. The first kappa shape index (κ1) is 14.4. The zero-order valence-electron chi connectivity index (χ0n) is 10.9. The van der Waals surface area contributed by atoms with Crippen LogP contribution >= 0.6 is 12.6 Å². The zero-order valence-corrected chi connectivity index (χ0v) is 11.8. The molecule has 0 saturated heterocycles. The van der Waals surface area contributed by atoms with Gasteiger partial charge in [-0.05, 0) is 35.4 Å². The van der Waals surface area contributed by atoms with Crippen molar-refractivity contribution < 1.29 is 4.74 Å². The largest absolute Gasteiger partial charge is 0.489 e. The fourth-order valence-corrected chi connectivity index (χ4v) is 1.65. The van der Waals surface area contributed by atoms with Gasteiger partial charge < -0.3 is 10.5 Å². The van der Waals surface area contributed by atoms with Gasteiger partial charge in [0.25, 0.3) is 0 Å². The molecule has 0 bridgehead atoms. The van der Waals surface area contributed by atoms with E-state index in [2.05, 4.69) is 23.2 Å². The molecule has 5 heteroatoms. The quantitative estimate of drug-likeness (QED) is 0.331. The van der Waals surface area contributed by atoms with Crippen molar-refractivity contribution in [1.82, 2.24) is 5.43 Å². The van der Waals surface area contributed by atoms with Crippen LogP contribution in [0.4, 0.5) is 0 Å². The predicted molar refractivity (Wildman–Crippen MR) is 84.9 cm³/mol. The van der Waals surface area contributed by atoms with Gasteiger partial charge in [0.1, 0.15) is 17.9 Å². The minimum absolute atomic E-state index is 0.459. The average Bonchev–Trinajstić information content (AvgIpc) is 2.47. The van der Waals surface area contributed by atoms with Crippen LogP contribution in [0.5, 0.6) is 5.75 Å². The van der Waals surface area contributed by atoms with Gasteiger partial charge in [0, 0.05) is 0 Å². The van der Waals surface area contributed by atoms with E-state index in [0.717, 1.165) is 16.9 Å². The number of rotatable bonds is 6. The monoisotopic (exact) mass is 287 g/mol. The molecule has 2 aromatic carbocycles. The molecule has 4 nitrogen and oxygen atoms in total. The summed E-state index contributed by atoms with van der Waals surface area (Å²) in [5, 5.41) is 3.95. The number of hydrazone groups is 1. The van der Waals surface area contributed by atoms with E-state index in [0.29, 0.717) is 6.61 Å². The van der Waals surface area contributed by atoms with Gasteiger partial charge in [-0.15, -0.1) is 12.6 Å². The lowest BCUT2D eigenvalue weighted by Crippen LogP contribution is -2.27. The molecule has 0 aliphatic carbocycles. The third kappa shape index (κ3) is 4.95. The van der Waals surface area contributed by atoms with Gasteiger partial charge in [0.2, 0.25) is 0 Å². The summed E-state index contributed by atoms with van der Waals surface area (Å²) in [5.74, 6) is 0.824. The lowest BCUT2D eigenvalue weighted by Gasteiger charge is -2.06. The molecule has 104 valence electrons. The number of nitrogens with two attached hydrogens (primary N) is 1. The lowest BCUT2D eigenvalue weighted by molar-refractivity contribution is 0.306. The Morgan fingerprint density at radius 1 is 1.15 bits per heavy atom. The molecule has 0 fully saturated rings. The highest BCUT2D eigenvalue weighted by molar-refractivity contribution is 7.80. The van der Waals surface area contributed by atoms with Gasteiger partial charge in [0.15, 0.2) is 0 Å². The van der Waals surface area contributed by atoms with E-state index in [-0.39, 0.29) is 0 Å². The van der Waals surface area contributed by atoms with E-state index in [1.54, 1.807) is 6.21 Å². The molecule has 0 aliphatic rings. The molecule has 0 radical (unpaired) electrons. The number of nitrogens with zero attached hydrogens (tertiary/aromatic N) is 1. The van der Waals surface area contributed by atoms with Crippen LogP contribution in [0.1, 0.15) is 11.1 Å². The van der Waals surface area contributed by atoms with E-state index < -0.39 is 5.50 Å². The molecule has 0 aliphatic heterocycles. The van der Waals surface area contributed by atoms with E-state index in [1.807, 2.05) is 54.6 Å². The maximum atomic E-state index is 5.70. The second kappa shape index (κ2) is 7.57. The summed E-state index contributed by atoms with van der Waals surface area (Å²) in [7, 11) is 0. The number of nitrogens with one attached hydrogen (secondary N) is 1. The Hall–Kier alpha value is -1.98. The van der Waals surface area contributed by atoms with Gasteiger partial charge in [-0.1, -0.05) is 30.3 Å². The molecule has 2 aromatic rings. The minimum atomic E-state index is -0.459. The highest BCUT2D eigenvalue weighted by Crippen LogP contribution is 2.13. The first-order valence-electron chi connectivity index (χ1n) is 6.23. The molecule has 20 heavy (non-hydrogen) atoms. The van der Waals surface area contributed by atoms with Crippen LogP contribution in [0, 0.1) is 0 Å². The van der Waals surface area contributed by atoms with E-state index in [1.165, 1.54) is 0 Å². The van der Waals surface area contributed by atoms with Crippen LogP contribution in [-0.4, -0.2) is 11.7 Å². The van der Waals surface area contributed by atoms with Gasteiger partial charge >= 0.3 is 0 Å². The van der Waals surface area contributed by atoms with Crippen molar-refractivity contribution in [1.29, 1.82) is 0 Å². The van der Waals surface area contributed by atoms with Crippen LogP contribution < -0.4 is 15.9 Å². The fraction of sp³-hybridized carbons (Fsp3) is 0.133. The van der Waals surface area contributed by atoms with Crippen LogP contribution in [-0.2, 0) is 6.61 Å². The van der Waals surface area contributed by atoms with E-state index in [9.17, 15) is 0 Å². The number of thiol groups is 1. The van der Waals surface area contributed by atoms with Crippen molar-refractivity contribution in [2.24, 2.45) is 10.8 Å². The molecule has 0 spiro atoms. The van der Waals surface area contributed by atoms with Crippen molar-refractivity contribution in [2.75, 3.05) is 0 Å². The summed E-state index contributed by atoms with van der Waals surface area (Å²) in [4.78, 5) is 0. The molecular formula is C15H17N3OS. The molecule has 0 aromatic heterocycles. The topological polar surface area (TPSA) is 59.6 Å². The summed E-state index contributed by atoms with van der Waals surface area (Å²) >= 11 is 3.96. The smallest absolute Gasteiger partial charge is 0.136 e. The molecule has 1 unspecified atom stereocenters. The summed E-state index contributed by atoms with van der Waals surface area (Å²) in [6.45, 7) is 0.560. The molecule has 1 atom stereocenters. The zero-order chi connectivity index (χ0) is 14.2. The highest BCUT2D eigenvalue weighted by Gasteiger charge is 1.96. The summed E-state index contributed by atoms with van der Waals surface area (Å²) in [6, 6.07) is 17.7. The second-order valence-corrected chi connectivity index (χ2v) is 4.73. The lowest BCUT2D eigenvalue weighted by atomic mass is 10.2. The van der Waals surface area contributed by atoms with Crippen LogP contribution in [0.3, 0.4) is 0 Å². The Balaban J connectivity index is 1.87. The van der Waals surface area contributed by atoms with Crippen molar-refractivity contribution in [3.63, 3.8) is 0 Å². The standard InChI is InChI=1S/C15H17N3OS/c16-15(20)18-17-10-12-6-8-14(9-7-12)19-11-13-4-2-1-3-5-13/h1-10,15,18,20H,11,16H2/b17-10+.